The molecule has 1 N–H and O–H groups in total. The maximum atomic E-state index is 11.1. The number of aryl methyl sites for hydroxylation is 1. The third-order valence-corrected chi connectivity index (χ3v) is 3.05. The Kier molecular flexibility index (Phi) is 3.69. The van der Waals surface area contributed by atoms with Crippen molar-refractivity contribution in [2.45, 2.75) is 19.4 Å². The number of hydrogen-bond donors (Lipinski definition) is 1. The predicted molar refractivity (Wildman–Crippen MR) is 70.2 cm³/mol. The Hall–Kier alpha value is -1.48. The van der Waals surface area contributed by atoms with Gasteiger partial charge in [-0.3, -0.25) is 4.79 Å². The molecule has 2 rings (SSSR count). The van der Waals surface area contributed by atoms with E-state index in [9.17, 15) is 4.79 Å². The van der Waals surface area contributed by atoms with Gasteiger partial charge in [0, 0.05) is 36.7 Å². The van der Waals surface area contributed by atoms with E-state index in [1.807, 2.05) is 24.4 Å². The highest BCUT2D eigenvalue weighted by molar-refractivity contribution is 6.31. The van der Waals surface area contributed by atoms with Gasteiger partial charge in [0.05, 0.1) is 0 Å². The summed E-state index contributed by atoms with van der Waals surface area (Å²) in [4.78, 5) is 11.1. The highest BCUT2D eigenvalue weighted by atomic mass is 35.5. The summed E-state index contributed by atoms with van der Waals surface area (Å²) in [5.41, 5.74) is 1.12. The first-order valence-electron chi connectivity index (χ1n) is 5.65. The van der Waals surface area contributed by atoms with Crippen molar-refractivity contribution < 1.29 is 4.79 Å². The quantitative estimate of drug-likeness (QED) is 0.890. The summed E-state index contributed by atoms with van der Waals surface area (Å²) >= 11 is 5.98. The molecule has 2 aromatic rings. The molecule has 90 valence electrons. The number of rotatable bonds is 4. The second-order valence-electron chi connectivity index (χ2n) is 3.99. The zero-order valence-corrected chi connectivity index (χ0v) is 10.5. The number of fused-ring (bicyclic) bond motifs is 1. The lowest BCUT2D eigenvalue weighted by Crippen LogP contribution is -2.17. The summed E-state index contributed by atoms with van der Waals surface area (Å²) < 4.78 is 2.13. The van der Waals surface area contributed by atoms with Crippen LogP contribution in [0.2, 0.25) is 5.02 Å². The first-order chi connectivity index (χ1) is 8.20. The summed E-state index contributed by atoms with van der Waals surface area (Å²) in [7, 11) is 1.66. The fraction of sp³-hybridized carbons (Fsp3) is 0.308. The van der Waals surface area contributed by atoms with Gasteiger partial charge in [0.25, 0.3) is 0 Å². The molecule has 1 amide bonds. The van der Waals surface area contributed by atoms with Crippen LogP contribution < -0.4 is 5.32 Å². The third-order valence-electron chi connectivity index (χ3n) is 2.82. The molecule has 17 heavy (non-hydrogen) atoms. The van der Waals surface area contributed by atoms with E-state index in [0.717, 1.165) is 23.5 Å². The molecule has 1 aromatic heterocycles. The molecule has 0 bridgehead atoms. The number of benzene rings is 1. The first kappa shape index (κ1) is 12.0. The molecule has 0 saturated heterocycles. The smallest absolute Gasteiger partial charge is 0.219 e. The van der Waals surface area contributed by atoms with E-state index in [1.54, 1.807) is 7.05 Å². The molecule has 0 saturated carbocycles. The maximum Gasteiger partial charge on any atom is 0.219 e. The Balaban J connectivity index is 2.08. The molecule has 4 heteroatoms. The largest absolute Gasteiger partial charge is 0.359 e. The van der Waals surface area contributed by atoms with Crippen LogP contribution in [-0.2, 0) is 11.3 Å². The number of aromatic nitrogens is 1. The highest BCUT2D eigenvalue weighted by Crippen LogP contribution is 2.20. The van der Waals surface area contributed by atoms with Gasteiger partial charge in [0.15, 0.2) is 0 Å². The van der Waals surface area contributed by atoms with E-state index in [4.69, 9.17) is 11.6 Å². The van der Waals surface area contributed by atoms with Crippen LogP contribution in [0.15, 0.2) is 30.5 Å². The summed E-state index contributed by atoms with van der Waals surface area (Å²) in [6.45, 7) is 0.831. The SMILES string of the molecule is CNC(=O)CCCn1ccc2ccc(Cl)cc21. The van der Waals surface area contributed by atoms with Crippen LogP contribution in [-0.4, -0.2) is 17.5 Å². The van der Waals surface area contributed by atoms with Gasteiger partial charge < -0.3 is 9.88 Å². The number of carbonyl (C=O) groups excluding carboxylic acids is 1. The molecule has 0 aliphatic carbocycles. The van der Waals surface area contributed by atoms with E-state index in [0.29, 0.717) is 6.42 Å². The molecule has 0 aliphatic heterocycles. The van der Waals surface area contributed by atoms with Crippen LogP contribution in [0.3, 0.4) is 0 Å². The molecule has 0 unspecified atom stereocenters. The minimum Gasteiger partial charge on any atom is -0.359 e. The van der Waals surface area contributed by atoms with Crippen molar-refractivity contribution in [3.8, 4) is 0 Å². The number of halogens is 1. The Morgan fingerprint density at radius 3 is 3.00 bits per heavy atom. The molecule has 0 atom stereocenters. The fourth-order valence-electron chi connectivity index (χ4n) is 1.89. The van der Waals surface area contributed by atoms with E-state index in [1.165, 1.54) is 5.39 Å². The predicted octanol–water partition coefficient (Wildman–Crippen LogP) is 2.82. The van der Waals surface area contributed by atoms with Gasteiger partial charge in [-0.05, 0) is 30.0 Å². The van der Waals surface area contributed by atoms with Gasteiger partial charge in [-0.15, -0.1) is 0 Å². The normalized spacial score (nSPS) is 10.7. The van der Waals surface area contributed by atoms with Crippen LogP contribution >= 0.6 is 11.6 Å². The van der Waals surface area contributed by atoms with E-state index in [-0.39, 0.29) is 5.91 Å². The molecule has 0 spiro atoms. The summed E-state index contributed by atoms with van der Waals surface area (Å²) in [5.74, 6) is 0.0829. The van der Waals surface area contributed by atoms with Crippen LogP contribution in [0.25, 0.3) is 10.9 Å². The maximum absolute atomic E-state index is 11.1. The van der Waals surface area contributed by atoms with Gasteiger partial charge in [0.1, 0.15) is 0 Å². The molecule has 0 aliphatic rings. The van der Waals surface area contributed by atoms with Crippen LogP contribution in [0, 0.1) is 0 Å². The molecule has 3 nitrogen and oxygen atoms in total. The van der Waals surface area contributed by atoms with Gasteiger partial charge in [-0.2, -0.15) is 0 Å². The summed E-state index contributed by atoms with van der Waals surface area (Å²) in [6, 6.07) is 7.91. The van der Waals surface area contributed by atoms with Gasteiger partial charge in [-0.1, -0.05) is 17.7 Å². The van der Waals surface area contributed by atoms with Crippen molar-refractivity contribution in [1.82, 2.24) is 9.88 Å². The average molecular weight is 251 g/mol. The van der Waals surface area contributed by atoms with Crippen molar-refractivity contribution in [2.75, 3.05) is 7.05 Å². The average Bonchev–Trinajstić information content (AvgIpc) is 2.72. The Bertz CT molecular complexity index is 533. The van der Waals surface area contributed by atoms with E-state index in [2.05, 4.69) is 16.0 Å². The number of hydrogen-bond acceptors (Lipinski definition) is 1. The molecule has 0 radical (unpaired) electrons. The lowest BCUT2D eigenvalue weighted by molar-refractivity contribution is -0.120. The van der Waals surface area contributed by atoms with Crippen molar-refractivity contribution in [1.29, 1.82) is 0 Å². The Morgan fingerprint density at radius 1 is 1.41 bits per heavy atom. The van der Waals surface area contributed by atoms with Gasteiger partial charge >= 0.3 is 0 Å². The number of nitrogens with zero attached hydrogens (tertiary/aromatic N) is 1. The van der Waals surface area contributed by atoms with E-state index < -0.39 is 0 Å². The molecular formula is C13H15ClN2O. The zero-order valence-electron chi connectivity index (χ0n) is 9.74. The minimum absolute atomic E-state index is 0.0829. The monoisotopic (exact) mass is 250 g/mol. The van der Waals surface area contributed by atoms with Crippen LogP contribution in [0.5, 0.6) is 0 Å². The number of amides is 1. The third kappa shape index (κ3) is 2.80. The standard InChI is InChI=1S/C13H15ClN2O/c1-15-13(17)3-2-7-16-8-6-10-4-5-11(14)9-12(10)16/h4-6,8-9H,2-3,7H2,1H3,(H,15,17). The van der Waals surface area contributed by atoms with Gasteiger partial charge in [-0.25, -0.2) is 0 Å². The molecule has 1 heterocycles. The minimum atomic E-state index is 0.0829. The number of carbonyl (C=O) groups is 1. The highest BCUT2D eigenvalue weighted by Gasteiger charge is 2.03. The number of nitrogens with one attached hydrogen (secondary N) is 1. The Morgan fingerprint density at radius 2 is 2.24 bits per heavy atom. The van der Waals surface area contributed by atoms with E-state index >= 15 is 0 Å². The lowest BCUT2D eigenvalue weighted by atomic mass is 10.2. The fourth-order valence-corrected chi connectivity index (χ4v) is 2.05. The molecular weight excluding hydrogens is 236 g/mol. The second-order valence-corrected chi connectivity index (χ2v) is 4.43. The van der Waals surface area contributed by atoms with Crippen LogP contribution in [0.4, 0.5) is 0 Å². The van der Waals surface area contributed by atoms with Gasteiger partial charge in [0.2, 0.25) is 5.91 Å². The van der Waals surface area contributed by atoms with Crippen molar-refractivity contribution >= 4 is 28.4 Å². The zero-order chi connectivity index (χ0) is 12.3. The lowest BCUT2D eigenvalue weighted by Gasteiger charge is -2.05. The topological polar surface area (TPSA) is 34.0 Å². The van der Waals surface area contributed by atoms with Crippen LogP contribution in [0.1, 0.15) is 12.8 Å². The summed E-state index contributed by atoms with van der Waals surface area (Å²) in [6.07, 6.45) is 3.41. The molecule has 1 aromatic carbocycles. The Labute approximate surface area is 105 Å². The second kappa shape index (κ2) is 5.23. The molecule has 0 fully saturated rings. The van der Waals surface area contributed by atoms with Crippen molar-refractivity contribution in [2.24, 2.45) is 0 Å². The first-order valence-corrected chi connectivity index (χ1v) is 6.03. The van der Waals surface area contributed by atoms with Crippen molar-refractivity contribution in [3.05, 3.63) is 35.5 Å². The summed E-state index contributed by atoms with van der Waals surface area (Å²) in [5, 5.41) is 4.54. The van der Waals surface area contributed by atoms with Crippen molar-refractivity contribution in [3.63, 3.8) is 0 Å².